The fourth-order valence-corrected chi connectivity index (χ4v) is 3.09. The summed E-state index contributed by atoms with van der Waals surface area (Å²) in [6.07, 6.45) is 5.15. The van der Waals surface area contributed by atoms with Crippen LogP contribution in [-0.4, -0.2) is 61.5 Å². The highest BCUT2D eigenvalue weighted by atomic mass is 16.5. The third-order valence-corrected chi connectivity index (χ3v) is 4.07. The Bertz CT molecular complexity index is 351. The molecular formula is C17H33N3O2. The second-order valence-corrected chi connectivity index (χ2v) is 7.25. The number of hydrogen-bond acceptors (Lipinski definition) is 3. The molecule has 1 atom stereocenters. The Morgan fingerprint density at radius 2 is 2.00 bits per heavy atom. The van der Waals surface area contributed by atoms with E-state index in [4.69, 9.17) is 14.5 Å². The monoisotopic (exact) mass is 311 g/mol. The lowest BCUT2D eigenvalue weighted by molar-refractivity contribution is -0.0773. The minimum atomic E-state index is -0.0504. The maximum atomic E-state index is 6.10. The Morgan fingerprint density at radius 1 is 1.27 bits per heavy atom. The fourth-order valence-electron chi connectivity index (χ4n) is 3.09. The van der Waals surface area contributed by atoms with Gasteiger partial charge in [0.05, 0.1) is 24.4 Å². The second-order valence-electron chi connectivity index (χ2n) is 7.25. The Balaban J connectivity index is 1.83. The molecule has 5 nitrogen and oxygen atoms in total. The summed E-state index contributed by atoms with van der Waals surface area (Å²) in [6.45, 7) is 13.1. The molecule has 2 aliphatic rings. The van der Waals surface area contributed by atoms with E-state index in [1.54, 1.807) is 0 Å². The topological polar surface area (TPSA) is 46.1 Å². The van der Waals surface area contributed by atoms with Crippen LogP contribution in [0.5, 0.6) is 0 Å². The van der Waals surface area contributed by atoms with Gasteiger partial charge < -0.3 is 19.7 Å². The number of nitrogens with zero attached hydrogens (tertiary/aromatic N) is 2. The van der Waals surface area contributed by atoms with Crippen molar-refractivity contribution in [2.24, 2.45) is 4.99 Å². The highest BCUT2D eigenvalue weighted by Gasteiger charge is 2.26. The van der Waals surface area contributed by atoms with Crippen LogP contribution in [0.15, 0.2) is 4.99 Å². The summed E-state index contributed by atoms with van der Waals surface area (Å²) < 4.78 is 11.8. The van der Waals surface area contributed by atoms with Crippen molar-refractivity contribution in [3.8, 4) is 0 Å². The van der Waals surface area contributed by atoms with Gasteiger partial charge in [-0.15, -0.1) is 0 Å². The van der Waals surface area contributed by atoms with E-state index >= 15 is 0 Å². The van der Waals surface area contributed by atoms with E-state index in [0.29, 0.717) is 12.2 Å². The van der Waals surface area contributed by atoms with Gasteiger partial charge in [0.15, 0.2) is 5.96 Å². The average Bonchev–Trinajstić information content (AvgIpc) is 2.96. The van der Waals surface area contributed by atoms with E-state index < -0.39 is 0 Å². The lowest BCUT2D eigenvalue weighted by atomic mass is 10.1. The third kappa shape index (κ3) is 5.76. The lowest BCUT2D eigenvalue weighted by Gasteiger charge is -2.37. The van der Waals surface area contributed by atoms with Crippen molar-refractivity contribution in [1.82, 2.24) is 10.2 Å². The number of likely N-dealkylation sites (tertiary alicyclic amines) is 1. The zero-order chi connectivity index (χ0) is 16.0. The second kappa shape index (κ2) is 8.16. The van der Waals surface area contributed by atoms with E-state index in [1.165, 1.54) is 6.42 Å². The Kier molecular flexibility index (Phi) is 6.50. The van der Waals surface area contributed by atoms with Gasteiger partial charge in [-0.1, -0.05) is 0 Å². The first-order valence-electron chi connectivity index (χ1n) is 8.80. The molecule has 2 rings (SSSR count). The number of nitrogens with one attached hydrogen (secondary N) is 1. The number of hydrogen-bond donors (Lipinski definition) is 1. The van der Waals surface area contributed by atoms with Crippen molar-refractivity contribution in [2.75, 3.05) is 32.8 Å². The Morgan fingerprint density at radius 3 is 2.55 bits per heavy atom. The van der Waals surface area contributed by atoms with Gasteiger partial charge in [0.1, 0.15) is 0 Å². The van der Waals surface area contributed by atoms with Gasteiger partial charge in [0, 0.05) is 26.2 Å². The largest absolute Gasteiger partial charge is 0.376 e. The van der Waals surface area contributed by atoms with Gasteiger partial charge in [0.25, 0.3) is 0 Å². The molecule has 0 aromatic carbocycles. The molecule has 2 fully saturated rings. The summed E-state index contributed by atoms with van der Waals surface area (Å²) >= 11 is 0. The van der Waals surface area contributed by atoms with E-state index in [2.05, 4.69) is 37.9 Å². The van der Waals surface area contributed by atoms with E-state index in [0.717, 1.165) is 58.0 Å². The fraction of sp³-hybridized carbons (Fsp3) is 0.941. The molecule has 0 saturated carbocycles. The van der Waals surface area contributed by atoms with Gasteiger partial charge in [-0.25, -0.2) is 0 Å². The number of aliphatic imine (C=N–C) groups is 1. The normalized spacial score (nSPS) is 24.8. The number of ether oxygens (including phenoxy) is 2. The summed E-state index contributed by atoms with van der Waals surface area (Å²) in [5.41, 5.74) is -0.0504. The zero-order valence-corrected chi connectivity index (χ0v) is 14.7. The number of piperidine rings is 1. The Hall–Kier alpha value is -0.810. The summed E-state index contributed by atoms with van der Waals surface area (Å²) in [5.74, 6) is 1.03. The molecule has 0 radical (unpaired) electrons. The van der Waals surface area contributed by atoms with Gasteiger partial charge in [-0.05, 0) is 53.4 Å². The molecule has 2 heterocycles. The summed E-state index contributed by atoms with van der Waals surface area (Å²) in [5, 5.41) is 3.42. The summed E-state index contributed by atoms with van der Waals surface area (Å²) in [6, 6.07) is 0. The molecule has 0 amide bonds. The van der Waals surface area contributed by atoms with Crippen molar-refractivity contribution in [1.29, 1.82) is 0 Å². The van der Waals surface area contributed by atoms with Crippen molar-refractivity contribution in [3.63, 3.8) is 0 Å². The standard InChI is InChI=1S/C17H33N3O2/c1-5-18-16(19-13-15-7-6-12-21-15)20-10-8-14(9-11-20)22-17(2,3)4/h14-15H,5-13H2,1-4H3,(H,18,19). The molecule has 0 bridgehead atoms. The van der Waals surface area contributed by atoms with Gasteiger partial charge in [-0.2, -0.15) is 0 Å². The summed E-state index contributed by atoms with van der Waals surface area (Å²) in [4.78, 5) is 7.15. The molecule has 0 aromatic heterocycles. The van der Waals surface area contributed by atoms with Crippen LogP contribution in [0.25, 0.3) is 0 Å². The van der Waals surface area contributed by atoms with Crippen LogP contribution in [0.2, 0.25) is 0 Å². The zero-order valence-electron chi connectivity index (χ0n) is 14.7. The maximum absolute atomic E-state index is 6.10. The van der Waals surface area contributed by atoms with Gasteiger partial charge >= 0.3 is 0 Å². The molecule has 2 aliphatic heterocycles. The Labute approximate surface area is 135 Å². The molecule has 2 saturated heterocycles. The predicted molar refractivity (Wildman–Crippen MR) is 90.4 cm³/mol. The molecule has 1 unspecified atom stereocenters. The SMILES string of the molecule is CCNC(=NCC1CCCO1)N1CCC(OC(C)(C)C)CC1. The van der Waals surface area contributed by atoms with Crippen molar-refractivity contribution in [2.45, 2.75) is 71.2 Å². The molecule has 1 N–H and O–H groups in total. The van der Waals surface area contributed by atoms with Crippen LogP contribution >= 0.6 is 0 Å². The van der Waals surface area contributed by atoms with Crippen LogP contribution in [0.1, 0.15) is 53.4 Å². The lowest BCUT2D eigenvalue weighted by Crippen LogP contribution is -2.48. The molecule has 0 spiro atoms. The van der Waals surface area contributed by atoms with E-state index in [9.17, 15) is 0 Å². The van der Waals surface area contributed by atoms with E-state index in [1.807, 2.05) is 0 Å². The van der Waals surface area contributed by atoms with Crippen molar-refractivity contribution in [3.05, 3.63) is 0 Å². The average molecular weight is 311 g/mol. The van der Waals surface area contributed by atoms with Gasteiger partial charge in [0.2, 0.25) is 0 Å². The van der Waals surface area contributed by atoms with Gasteiger partial charge in [-0.3, -0.25) is 4.99 Å². The molecular weight excluding hydrogens is 278 g/mol. The first kappa shape index (κ1) is 17.5. The molecule has 0 aromatic rings. The molecule has 128 valence electrons. The first-order chi connectivity index (χ1) is 10.5. The first-order valence-corrected chi connectivity index (χ1v) is 8.80. The minimum absolute atomic E-state index is 0.0504. The molecule has 0 aliphatic carbocycles. The molecule has 22 heavy (non-hydrogen) atoms. The van der Waals surface area contributed by atoms with Crippen LogP contribution in [0.4, 0.5) is 0 Å². The quantitative estimate of drug-likeness (QED) is 0.640. The van der Waals surface area contributed by atoms with Crippen LogP contribution in [0.3, 0.4) is 0 Å². The summed E-state index contributed by atoms with van der Waals surface area (Å²) in [7, 11) is 0. The minimum Gasteiger partial charge on any atom is -0.376 e. The number of rotatable bonds is 4. The smallest absolute Gasteiger partial charge is 0.194 e. The maximum Gasteiger partial charge on any atom is 0.194 e. The van der Waals surface area contributed by atoms with Crippen LogP contribution in [0, 0.1) is 0 Å². The highest BCUT2D eigenvalue weighted by molar-refractivity contribution is 5.80. The van der Waals surface area contributed by atoms with Crippen LogP contribution in [-0.2, 0) is 9.47 Å². The predicted octanol–water partition coefficient (Wildman–Crippen LogP) is 2.41. The molecule has 5 heteroatoms. The van der Waals surface area contributed by atoms with Crippen molar-refractivity contribution >= 4 is 5.96 Å². The third-order valence-electron chi connectivity index (χ3n) is 4.07. The van der Waals surface area contributed by atoms with Crippen LogP contribution < -0.4 is 5.32 Å². The number of guanidine groups is 1. The van der Waals surface area contributed by atoms with Crippen molar-refractivity contribution < 1.29 is 9.47 Å². The highest BCUT2D eigenvalue weighted by Crippen LogP contribution is 2.20. The van der Waals surface area contributed by atoms with E-state index in [-0.39, 0.29) is 5.60 Å².